The van der Waals surface area contributed by atoms with E-state index in [9.17, 15) is 4.79 Å². The van der Waals surface area contributed by atoms with E-state index in [1.165, 1.54) is 0 Å². The minimum absolute atomic E-state index is 0.323. The summed E-state index contributed by atoms with van der Waals surface area (Å²) >= 11 is 0. The van der Waals surface area contributed by atoms with Gasteiger partial charge >= 0.3 is 5.63 Å². The van der Waals surface area contributed by atoms with Crippen molar-refractivity contribution in [1.29, 1.82) is 0 Å². The molecule has 5 rings (SSSR count). The van der Waals surface area contributed by atoms with Crippen LogP contribution >= 0.6 is 0 Å². The summed E-state index contributed by atoms with van der Waals surface area (Å²) in [6, 6.07) is 19.5. The van der Waals surface area contributed by atoms with Crippen LogP contribution in [0.2, 0.25) is 0 Å². The molecule has 0 aliphatic rings. The fourth-order valence-corrected chi connectivity index (χ4v) is 3.65. The number of hydrogen-bond acceptors (Lipinski definition) is 3. The molecule has 5 aromatic rings. The Morgan fingerprint density at radius 2 is 1.52 bits per heavy atom. The highest BCUT2D eigenvalue weighted by Gasteiger charge is 2.17. The van der Waals surface area contributed by atoms with Crippen LogP contribution in [-0.2, 0) is 0 Å². The van der Waals surface area contributed by atoms with Gasteiger partial charge in [-0.25, -0.2) is 4.79 Å². The Morgan fingerprint density at radius 3 is 2.32 bits per heavy atom. The number of hydrogen-bond donors (Lipinski definition) is 0. The minimum Gasteiger partial charge on any atom is -0.464 e. The monoisotopic (exact) mass is 326 g/mol. The van der Waals surface area contributed by atoms with Crippen LogP contribution in [0.3, 0.4) is 0 Å². The normalized spacial score (nSPS) is 11.6. The van der Waals surface area contributed by atoms with Gasteiger partial charge < -0.3 is 8.83 Å². The average Bonchev–Trinajstić information content (AvgIpc) is 3.07. The van der Waals surface area contributed by atoms with Crippen molar-refractivity contribution in [1.82, 2.24) is 0 Å². The van der Waals surface area contributed by atoms with Gasteiger partial charge in [-0.15, -0.1) is 0 Å². The zero-order valence-electron chi connectivity index (χ0n) is 13.6. The molecule has 2 heterocycles. The second-order valence-electron chi connectivity index (χ2n) is 6.20. The van der Waals surface area contributed by atoms with E-state index in [4.69, 9.17) is 8.83 Å². The summed E-state index contributed by atoms with van der Waals surface area (Å²) in [6.45, 7) is 2.05. The van der Waals surface area contributed by atoms with E-state index in [0.717, 1.165) is 38.4 Å². The summed E-state index contributed by atoms with van der Waals surface area (Å²) in [6.07, 6.45) is 1.77. The lowest BCUT2D eigenvalue weighted by Gasteiger charge is -2.08. The second-order valence-corrected chi connectivity index (χ2v) is 6.20. The van der Waals surface area contributed by atoms with E-state index in [1.54, 1.807) is 12.3 Å². The van der Waals surface area contributed by atoms with Gasteiger partial charge in [0.15, 0.2) is 0 Å². The molecule has 0 atom stereocenters. The fourth-order valence-electron chi connectivity index (χ4n) is 3.65. The van der Waals surface area contributed by atoms with Crippen molar-refractivity contribution in [3.05, 3.63) is 82.9 Å². The van der Waals surface area contributed by atoms with E-state index in [1.807, 2.05) is 42.5 Å². The van der Waals surface area contributed by atoms with Crippen LogP contribution in [0.1, 0.15) is 5.56 Å². The number of furan rings is 1. The summed E-state index contributed by atoms with van der Waals surface area (Å²) in [7, 11) is 0. The van der Waals surface area contributed by atoms with Crippen molar-refractivity contribution in [2.45, 2.75) is 6.92 Å². The predicted octanol–water partition coefficient (Wildman–Crippen LogP) is 5.67. The number of benzene rings is 3. The molecule has 0 saturated heterocycles. The lowest BCUT2D eigenvalue weighted by Crippen LogP contribution is -2.00. The van der Waals surface area contributed by atoms with Crippen molar-refractivity contribution in [2.75, 3.05) is 0 Å². The van der Waals surface area contributed by atoms with Crippen molar-refractivity contribution >= 4 is 32.7 Å². The Bertz CT molecular complexity index is 1310. The third-order valence-electron chi connectivity index (χ3n) is 4.78. The first-order valence-electron chi connectivity index (χ1n) is 8.16. The topological polar surface area (TPSA) is 43.4 Å². The maximum Gasteiger partial charge on any atom is 0.344 e. The first-order valence-corrected chi connectivity index (χ1v) is 8.16. The Hall–Kier alpha value is -3.33. The maximum atomic E-state index is 12.3. The van der Waals surface area contributed by atoms with Crippen LogP contribution in [0.15, 0.2) is 80.6 Å². The first-order chi connectivity index (χ1) is 12.2. The molecular formula is C22H14O3. The number of aryl methyl sites for hydroxylation is 1. The minimum atomic E-state index is -0.323. The van der Waals surface area contributed by atoms with Crippen molar-refractivity contribution in [2.24, 2.45) is 0 Å². The first kappa shape index (κ1) is 14.1. The van der Waals surface area contributed by atoms with Gasteiger partial charge in [0.2, 0.25) is 0 Å². The number of rotatable bonds is 1. The summed E-state index contributed by atoms with van der Waals surface area (Å²) in [4.78, 5) is 12.3. The van der Waals surface area contributed by atoms with Gasteiger partial charge in [-0.3, -0.25) is 0 Å². The number of fused-ring (bicyclic) bond motifs is 4. The molecular weight excluding hydrogens is 312 g/mol. The molecule has 0 unspecified atom stereocenters. The summed E-state index contributed by atoms with van der Waals surface area (Å²) < 4.78 is 11.3. The lowest BCUT2D eigenvalue weighted by atomic mass is 9.96. The third-order valence-corrected chi connectivity index (χ3v) is 4.78. The van der Waals surface area contributed by atoms with E-state index in [0.29, 0.717) is 11.0 Å². The highest BCUT2D eigenvalue weighted by Crippen LogP contribution is 2.38. The lowest BCUT2D eigenvalue weighted by molar-refractivity contribution is 0.567. The van der Waals surface area contributed by atoms with Crippen molar-refractivity contribution in [3.63, 3.8) is 0 Å². The zero-order chi connectivity index (χ0) is 17.0. The van der Waals surface area contributed by atoms with Gasteiger partial charge in [-0.05, 0) is 24.1 Å². The molecule has 3 nitrogen and oxygen atoms in total. The van der Waals surface area contributed by atoms with E-state index < -0.39 is 0 Å². The quantitative estimate of drug-likeness (QED) is 0.294. The molecule has 0 aliphatic carbocycles. The smallest absolute Gasteiger partial charge is 0.344 e. The molecule has 0 bridgehead atoms. The molecule has 0 saturated carbocycles. The maximum absolute atomic E-state index is 12.3. The molecule has 0 amide bonds. The van der Waals surface area contributed by atoms with Gasteiger partial charge in [0.05, 0.1) is 11.6 Å². The van der Waals surface area contributed by atoms with Crippen molar-refractivity contribution < 1.29 is 8.83 Å². The molecule has 0 N–H and O–H groups in total. The summed E-state index contributed by atoms with van der Waals surface area (Å²) in [5.41, 5.74) is 4.16. The molecule has 3 aromatic carbocycles. The Morgan fingerprint density at radius 1 is 0.800 bits per heavy atom. The summed E-state index contributed by atoms with van der Waals surface area (Å²) in [5, 5.41) is 3.52. The van der Waals surface area contributed by atoms with Crippen molar-refractivity contribution in [3.8, 4) is 11.1 Å². The third kappa shape index (κ3) is 1.96. The molecule has 2 aromatic heterocycles. The molecule has 0 radical (unpaired) electrons. The highest BCUT2D eigenvalue weighted by molar-refractivity contribution is 6.13. The SMILES string of the molecule is Cc1c2c(-c3ccccc3)coc2cc2oc(=O)c3ccccc3c12. The predicted molar refractivity (Wildman–Crippen MR) is 99.9 cm³/mol. The largest absolute Gasteiger partial charge is 0.464 e. The second kappa shape index (κ2) is 5.08. The fraction of sp³-hybridized carbons (Fsp3) is 0.0455. The highest BCUT2D eigenvalue weighted by atomic mass is 16.4. The van der Waals surface area contributed by atoms with Gasteiger partial charge in [0, 0.05) is 27.8 Å². The molecule has 0 fully saturated rings. The average molecular weight is 326 g/mol. The van der Waals surface area contributed by atoms with E-state index >= 15 is 0 Å². The van der Waals surface area contributed by atoms with Crippen LogP contribution in [0, 0.1) is 6.92 Å². The molecule has 120 valence electrons. The van der Waals surface area contributed by atoms with Crippen LogP contribution in [-0.4, -0.2) is 0 Å². The summed E-state index contributed by atoms with van der Waals surface area (Å²) in [5.74, 6) is 0. The van der Waals surface area contributed by atoms with Crippen LogP contribution in [0.25, 0.3) is 43.8 Å². The van der Waals surface area contributed by atoms with Gasteiger partial charge in [-0.2, -0.15) is 0 Å². The Labute approximate surface area is 143 Å². The van der Waals surface area contributed by atoms with Gasteiger partial charge in [0.1, 0.15) is 11.2 Å². The van der Waals surface area contributed by atoms with Gasteiger partial charge in [-0.1, -0.05) is 48.5 Å². The van der Waals surface area contributed by atoms with Crippen LogP contribution in [0.4, 0.5) is 0 Å². The standard InChI is InChI=1S/C22H14O3/c1-13-20-15-9-5-6-10-16(15)22(23)25-19(20)11-18-21(13)17(12-24-18)14-7-3-2-4-8-14/h2-12H,1H3. The Kier molecular flexibility index (Phi) is 2.86. The molecule has 25 heavy (non-hydrogen) atoms. The molecule has 0 spiro atoms. The van der Waals surface area contributed by atoms with E-state index in [2.05, 4.69) is 19.1 Å². The van der Waals surface area contributed by atoms with Crippen LogP contribution < -0.4 is 5.63 Å². The van der Waals surface area contributed by atoms with Gasteiger partial charge in [0.25, 0.3) is 0 Å². The van der Waals surface area contributed by atoms with Crippen LogP contribution in [0.5, 0.6) is 0 Å². The molecule has 3 heteroatoms. The van der Waals surface area contributed by atoms with E-state index in [-0.39, 0.29) is 5.63 Å². The molecule has 0 aliphatic heterocycles. The Balaban J connectivity index is 2.00. The zero-order valence-corrected chi connectivity index (χ0v) is 13.6.